The van der Waals surface area contributed by atoms with E-state index in [-0.39, 0.29) is 11.3 Å². The Morgan fingerprint density at radius 3 is 2.83 bits per heavy atom. The van der Waals surface area contributed by atoms with Gasteiger partial charge in [-0.2, -0.15) is 9.50 Å². The van der Waals surface area contributed by atoms with E-state index in [0.29, 0.717) is 31.1 Å². The lowest BCUT2D eigenvalue weighted by Crippen LogP contribution is -2.23. The summed E-state index contributed by atoms with van der Waals surface area (Å²) in [6.07, 6.45) is 5.01. The number of carbonyl (C=O) groups excluding carboxylic acids is 1. The number of ether oxygens (including phenoxy) is 2. The van der Waals surface area contributed by atoms with Crippen LogP contribution in [-0.4, -0.2) is 32.7 Å². The standard InChI is InChI=1S/C19H13BrN4O4S/c1-10(25)28-16-13(20)6-11(7-14(16)27-2)8-15-18(26)24-19(29-15)22-17(23-24)12-4-3-5-21-9-12/h3-9H,1-2H3. The molecule has 0 bridgehead atoms. The van der Waals surface area contributed by atoms with Crippen LogP contribution in [0.15, 0.2) is 45.9 Å². The summed E-state index contributed by atoms with van der Waals surface area (Å²) in [5, 5.41) is 4.29. The van der Waals surface area contributed by atoms with Gasteiger partial charge in [0.15, 0.2) is 17.3 Å². The Hall–Kier alpha value is -3.11. The molecule has 1 aromatic carbocycles. The van der Waals surface area contributed by atoms with E-state index in [2.05, 4.69) is 31.0 Å². The van der Waals surface area contributed by atoms with Gasteiger partial charge in [-0.25, -0.2) is 0 Å². The largest absolute Gasteiger partial charge is 0.493 e. The number of methoxy groups -OCH3 is 1. The monoisotopic (exact) mass is 472 g/mol. The minimum Gasteiger partial charge on any atom is -0.493 e. The van der Waals surface area contributed by atoms with Crippen molar-refractivity contribution in [2.75, 3.05) is 7.11 Å². The van der Waals surface area contributed by atoms with Gasteiger partial charge in [0.2, 0.25) is 4.96 Å². The number of benzene rings is 1. The molecule has 0 saturated heterocycles. The number of hydrogen-bond acceptors (Lipinski definition) is 8. The normalized spacial score (nSPS) is 11.8. The molecule has 29 heavy (non-hydrogen) atoms. The van der Waals surface area contributed by atoms with Crippen molar-refractivity contribution < 1.29 is 14.3 Å². The van der Waals surface area contributed by atoms with Crippen LogP contribution in [0.25, 0.3) is 22.4 Å². The molecule has 0 unspecified atom stereocenters. The molecule has 146 valence electrons. The Kier molecular flexibility index (Phi) is 5.12. The highest BCUT2D eigenvalue weighted by molar-refractivity contribution is 9.10. The van der Waals surface area contributed by atoms with Gasteiger partial charge in [0.1, 0.15) is 0 Å². The molecule has 0 amide bonds. The number of aromatic nitrogens is 4. The first kappa shape index (κ1) is 19.2. The summed E-state index contributed by atoms with van der Waals surface area (Å²) in [4.78, 5) is 33.0. The van der Waals surface area contributed by atoms with Crippen molar-refractivity contribution in [2.24, 2.45) is 0 Å². The maximum atomic E-state index is 12.7. The topological polar surface area (TPSA) is 95.7 Å². The average Bonchev–Trinajstić information content (AvgIpc) is 3.24. The van der Waals surface area contributed by atoms with Crippen LogP contribution in [0.1, 0.15) is 12.5 Å². The van der Waals surface area contributed by atoms with Gasteiger partial charge in [-0.05, 0) is 51.8 Å². The van der Waals surface area contributed by atoms with Crippen LogP contribution in [0.3, 0.4) is 0 Å². The van der Waals surface area contributed by atoms with Gasteiger partial charge in [0.25, 0.3) is 5.56 Å². The van der Waals surface area contributed by atoms with Crippen molar-refractivity contribution in [2.45, 2.75) is 6.92 Å². The minimum absolute atomic E-state index is 0.271. The summed E-state index contributed by atoms with van der Waals surface area (Å²) in [5.74, 6) is 0.635. The van der Waals surface area contributed by atoms with Crippen LogP contribution in [0.5, 0.6) is 11.5 Å². The number of carbonyl (C=O) groups is 1. The predicted molar refractivity (Wildman–Crippen MR) is 111 cm³/mol. The van der Waals surface area contributed by atoms with Crippen molar-refractivity contribution in [1.82, 2.24) is 19.6 Å². The number of esters is 1. The molecule has 0 N–H and O–H groups in total. The van der Waals surface area contributed by atoms with E-state index in [9.17, 15) is 9.59 Å². The van der Waals surface area contributed by atoms with Crippen molar-refractivity contribution in [3.8, 4) is 22.9 Å². The van der Waals surface area contributed by atoms with Crippen LogP contribution in [0, 0.1) is 0 Å². The molecular formula is C19H13BrN4O4S. The molecule has 10 heteroatoms. The Morgan fingerprint density at radius 1 is 1.34 bits per heavy atom. The average molecular weight is 473 g/mol. The third kappa shape index (κ3) is 3.76. The highest BCUT2D eigenvalue weighted by Gasteiger charge is 2.15. The van der Waals surface area contributed by atoms with Crippen molar-refractivity contribution >= 4 is 44.3 Å². The highest BCUT2D eigenvalue weighted by Crippen LogP contribution is 2.37. The summed E-state index contributed by atoms with van der Waals surface area (Å²) in [6, 6.07) is 7.03. The molecular weight excluding hydrogens is 460 g/mol. The lowest BCUT2D eigenvalue weighted by molar-refractivity contribution is -0.132. The lowest BCUT2D eigenvalue weighted by atomic mass is 10.2. The second-order valence-corrected chi connectivity index (χ2v) is 7.78. The molecule has 8 nitrogen and oxygen atoms in total. The molecule has 0 fully saturated rings. The van der Waals surface area contributed by atoms with Gasteiger partial charge in [0, 0.05) is 24.9 Å². The Labute approximate surface area is 176 Å². The van der Waals surface area contributed by atoms with Gasteiger partial charge in [-0.3, -0.25) is 14.6 Å². The molecule has 0 aliphatic rings. The maximum absolute atomic E-state index is 12.7. The number of halogens is 1. The fraction of sp³-hybridized carbons (Fsp3) is 0.105. The van der Waals surface area contributed by atoms with Crippen LogP contribution in [0.2, 0.25) is 0 Å². The summed E-state index contributed by atoms with van der Waals surface area (Å²) >= 11 is 4.60. The van der Waals surface area contributed by atoms with E-state index in [1.54, 1.807) is 36.7 Å². The Balaban J connectivity index is 1.78. The SMILES string of the molecule is COc1cc(C=c2sc3nc(-c4cccnc4)nn3c2=O)cc(Br)c1OC(C)=O. The van der Waals surface area contributed by atoms with Gasteiger partial charge < -0.3 is 9.47 Å². The van der Waals surface area contributed by atoms with Crippen molar-refractivity contribution in [3.05, 3.63) is 61.6 Å². The van der Waals surface area contributed by atoms with Gasteiger partial charge >= 0.3 is 5.97 Å². The molecule has 0 saturated carbocycles. The third-order valence-electron chi connectivity index (χ3n) is 3.90. The molecule has 0 spiro atoms. The van der Waals surface area contributed by atoms with E-state index in [1.165, 1.54) is 29.9 Å². The van der Waals surface area contributed by atoms with Gasteiger partial charge in [0.05, 0.1) is 16.1 Å². The molecule has 4 aromatic rings. The summed E-state index contributed by atoms with van der Waals surface area (Å²) in [7, 11) is 1.47. The summed E-state index contributed by atoms with van der Waals surface area (Å²) in [5.41, 5.74) is 1.16. The smallest absolute Gasteiger partial charge is 0.308 e. The number of rotatable bonds is 4. The molecule has 3 heterocycles. The van der Waals surface area contributed by atoms with E-state index in [1.807, 2.05) is 6.07 Å². The van der Waals surface area contributed by atoms with Crippen molar-refractivity contribution in [3.63, 3.8) is 0 Å². The van der Waals surface area contributed by atoms with Crippen LogP contribution in [-0.2, 0) is 4.79 Å². The summed E-state index contributed by atoms with van der Waals surface area (Å²) in [6.45, 7) is 1.31. The zero-order valence-electron chi connectivity index (χ0n) is 15.2. The first-order chi connectivity index (χ1) is 14.0. The Morgan fingerprint density at radius 2 is 2.17 bits per heavy atom. The van der Waals surface area contributed by atoms with E-state index >= 15 is 0 Å². The highest BCUT2D eigenvalue weighted by atomic mass is 79.9. The third-order valence-corrected chi connectivity index (χ3v) is 5.45. The number of thiazole rings is 1. The zero-order valence-corrected chi connectivity index (χ0v) is 17.7. The van der Waals surface area contributed by atoms with E-state index in [0.717, 1.165) is 5.56 Å². The number of nitrogens with zero attached hydrogens (tertiary/aromatic N) is 4. The van der Waals surface area contributed by atoms with Gasteiger partial charge in [-0.15, -0.1) is 5.10 Å². The molecule has 3 aromatic heterocycles. The predicted octanol–water partition coefficient (Wildman–Crippen LogP) is 2.46. The fourth-order valence-corrected chi connectivity index (χ4v) is 4.12. The minimum atomic E-state index is -0.461. The lowest BCUT2D eigenvalue weighted by Gasteiger charge is -2.10. The van der Waals surface area contributed by atoms with Crippen molar-refractivity contribution in [1.29, 1.82) is 0 Å². The second-order valence-electron chi connectivity index (χ2n) is 5.92. The molecule has 0 radical (unpaired) electrons. The Bertz CT molecular complexity index is 1330. The van der Waals surface area contributed by atoms with Crippen LogP contribution >= 0.6 is 27.3 Å². The first-order valence-corrected chi connectivity index (χ1v) is 9.95. The molecule has 0 aliphatic heterocycles. The number of fused-ring (bicyclic) bond motifs is 1. The molecule has 0 atom stereocenters. The number of hydrogen-bond donors (Lipinski definition) is 0. The molecule has 0 aliphatic carbocycles. The second kappa shape index (κ2) is 7.72. The molecule has 4 rings (SSSR count). The zero-order chi connectivity index (χ0) is 20.5. The summed E-state index contributed by atoms with van der Waals surface area (Å²) < 4.78 is 12.8. The van der Waals surface area contributed by atoms with Gasteiger partial charge in [-0.1, -0.05) is 11.3 Å². The fourth-order valence-electron chi connectivity index (χ4n) is 2.67. The van der Waals surface area contributed by atoms with Crippen LogP contribution < -0.4 is 19.6 Å². The first-order valence-electron chi connectivity index (χ1n) is 8.34. The maximum Gasteiger partial charge on any atom is 0.308 e. The van der Waals surface area contributed by atoms with E-state index < -0.39 is 5.97 Å². The van der Waals surface area contributed by atoms with Crippen LogP contribution in [0.4, 0.5) is 0 Å². The quantitative estimate of drug-likeness (QED) is 0.332. The van der Waals surface area contributed by atoms with E-state index in [4.69, 9.17) is 9.47 Å². The number of pyridine rings is 1.